The summed E-state index contributed by atoms with van der Waals surface area (Å²) >= 11 is 4.54. The number of fused-ring (bicyclic) bond motifs is 5. The number of rotatable bonds is 3. The van der Waals surface area contributed by atoms with Crippen molar-refractivity contribution in [1.29, 1.82) is 0 Å². The van der Waals surface area contributed by atoms with E-state index in [1.807, 2.05) is 0 Å². The van der Waals surface area contributed by atoms with E-state index in [-0.39, 0.29) is 0 Å². The van der Waals surface area contributed by atoms with Crippen LogP contribution in [-0.4, -0.2) is 18.6 Å². The molecule has 5 aliphatic rings. The fraction of sp³-hybridized carbons (Fsp3) is 0.562. The third-order valence-electron chi connectivity index (χ3n) is 10.9. The van der Waals surface area contributed by atoms with E-state index in [1.165, 1.54) is 42.9 Å². The van der Waals surface area contributed by atoms with Crippen LogP contribution in [0, 0.1) is 23.7 Å². The van der Waals surface area contributed by atoms with Crippen molar-refractivity contribution < 1.29 is 0 Å². The highest BCUT2D eigenvalue weighted by atomic mass is 32.2. The number of hydrogen-bond donors (Lipinski definition) is 0. The summed E-state index contributed by atoms with van der Waals surface area (Å²) < 4.78 is 0. The number of hydrogen-bond acceptors (Lipinski definition) is 2. The Bertz CT molecular complexity index is 1170. The van der Waals surface area contributed by atoms with Gasteiger partial charge in [-0.25, -0.2) is 0 Å². The molecule has 184 valence electrons. The van der Waals surface area contributed by atoms with E-state index in [0.29, 0.717) is 0 Å². The second kappa shape index (κ2) is 8.56. The van der Waals surface area contributed by atoms with Gasteiger partial charge in [-0.1, -0.05) is 87.0 Å². The van der Waals surface area contributed by atoms with Crippen LogP contribution in [0.3, 0.4) is 0 Å². The monoisotopic (exact) mass is 516 g/mol. The van der Waals surface area contributed by atoms with Gasteiger partial charge in [0.2, 0.25) is 0 Å². The van der Waals surface area contributed by atoms with Gasteiger partial charge in [0.1, 0.15) is 0 Å². The van der Waals surface area contributed by atoms with E-state index in [0.717, 1.165) is 51.2 Å². The lowest BCUT2D eigenvalue weighted by atomic mass is 9.70. The zero-order chi connectivity index (χ0) is 23.9. The van der Waals surface area contributed by atoms with Crippen molar-refractivity contribution in [3.05, 3.63) is 70.0 Å². The first-order valence-electron chi connectivity index (χ1n) is 14.1. The molecule has 2 aliphatic heterocycles. The van der Waals surface area contributed by atoms with E-state index in [1.54, 1.807) is 15.4 Å². The molecule has 35 heavy (non-hydrogen) atoms. The molecule has 0 bridgehead atoms. The molecule has 0 nitrogen and oxygen atoms in total. The molecule has 8 unspecified atom stereocenters. The molecule has 3 saturated carbocycles. The van der Waals surface area contributed by atoms with Crippen molar-refractivity contribution in [3.8, 4) is 0 Å². The Hall–Kier alpha value is -0.903. The largest absolute Gasteiger partial charge is 0.127 e. The molecule has 3 aliphatic carbocycles. The van der Waals surface area contributed by atoms with Crippen molar-refractivity contribution in [2.45, 2.75) is 86.5 Å². The molecule has 2 aromatic rings. The highest BCUT2D eigenvalue weighted by molar-refractivity contribution is 8.05. The van der Waals surface area contributed by atoms with Gasteiger partial charge in [0.15, 0.2) is 0 Å². The molecule has 0 aromatic heterocycles. The SMILES string of the molecule is CC1=CC2C3C=C(C)SC3C([Si](C)(C)C3CCC4C(c5cccc6ccccc56)CCCC43)C2S1. The quantitative estimate of drug-likeness (QED) is 0.372. The molecule has 0 radical (unpaired) electrons. The highest BCUT2D eigenvalue weighted by Gasteiger charge is 2.62. The molecular formula is C32H40S2Si. The summed E-state index contributed by atoms with van der Waals surface area (Å²) in [7, 11) is -1.47. The summed E-state index contributed by atoms with van der Waals surface area (Å²) in [4.78, 5) is 3.21. The smallest absolute Gasteiger partial charge is 0.0563 e. The van der Waals surface area contributed by atoms with Gasteiger partial charge in [0.25, 0.3) is 0 Å². The first-order chi connectivity index (χ1) is 16.9. The maximum Gasteiger partial charge on any atom is 0.0563 e. The molecule has 0 amide bonds. The first-order valence-corrected chi connectivity index (χ1v) is 19.0. The van der Waals surface area contributed by atoms with Gasteiger partial charge in [-0.3, -0.25) is 0 Å². The van der Waals surface area contributed by atoms with Crippen LogP contribution in [0.5, 0.6) is 0 Å². The van der Waals surface area contributed by atoms with Crippen LogP contribution in [0.1, 0.15) is 57.4 Å². The van der Waals surface area contributed by atoms with Gasteiger partial charge < -0.3 is 0 Å². The zero-order valence-corrected chi connectivity index (χ0v) is 24.4. The lowest BCUT2D eigenvalue weighted by molar-refractivity contribution is 0.237. The third kappa shape index (κ3) is 3.54. The lowest BCUT2D eigenvalue weighted by Gasteiger charge is -2.46. The van der Waals surface area contributed by atoms with E-state index in [9.17, 15) is 0 Å². The van der Waals surface area contributed by atoms with Crippen molar-refractivity contribution in [2.75, 3.05) is 0 Å². The third-order valence-corrected chi connectivity index (χ3v) is 19.2. The molecule has 3 heteroatoms. The van der Waals surface area contributed by atoms with Gasteiger partial charge in [0.05, 0.1) is 8.07 Å². The number of allylic oxidation sites excluding steroid dienone is 4. The Morgan fingerprint density at radius 1 is 0.743 bits per heavy atom. The molecule has 0 saturated heterocycles. The Labute approximate surface area is 221 Å². The van der Waals surface area contributed by atoms with E-state index in [2.05, 4.69) is 105 Å². The summed E-state index contributed by atoms with van der Waals surface area (Å²) in [6.07, 6.45) is 12.7. The maximum absolute atomic E-state index is 2.84. The maximum atomic E-state index is 2.84. The fourth-order valence-corrected chi connectivity index (χ4v) is 20.1. The van der Waals surface area contributed by atoms with Crippen LogP contribution in [0.4, 0.5) is 0 Å². The Balaban J connectivity index is 1.21. The average molecular weight is 517 g/mol. The van der Waals surface area contributed by atoms with Crippen molar-refractivity contribution in [2.24, 2.45) is 23.7 Å². The second-order valence-corrected chi connectivity index (χ2v) is 20.7. The summed E-state index contributed by atoms with van der Waals surface area (Å²) in [6.45, 7) is 10.4. The normalized spacial score (nSPS) is 40.4. The van der Waals surface area contributed by atoms with Crippen LogP contribution >= 0.6 is 23.5 Å². The molecule has 2 heterocycles. The lowest BCUT2D eigenvalue weighted by Crippen LogP contribution is -2.46. The molecule has 3 fully saturated rings. The number of thioether (sulfide) groups is 2. The van der Waals surface area contributed by atoms with Gasteiger partial charge >= 0.3 is 0 Å². The van der Waals surface area contributed by atoms with Crippen LogP contribution in [0.15, 0.2) is 64.4 Å². The van der Waals surface area contributed by atoms with Gasteiger partial charge in [-0.15, -0.1) is 23.5 Å². The minimum atomic E-state index is -1.47. The van der Waals surface area contributed by atoms with Crippen molar-refractivity contribution >= 4 is 42.4 Å². The zero-order valence-electron chi connectivity index (χ0n) is 21.7. The summed E-state index contributed by atoms with van der Waals surface area (Å²) in [5.74, 6) is 4.25. The van der Waals surface area contributed by atoms with Gasteiger partial charge in [0, 0.05) is 10.5 Å². The Kier molecular flexibility index (Phi) is 5.68. The summed E-state index contributed by atoms with van der Waals surface area (Å²) in [5.41, 5.74) is 3.63. The van der Waals surface area contributed by atoms with Gasteiger partial charge in [-0.05, 0) is 93.5 Å². The van der Waals surface area contributed by atoms with Crippen molar-refractivity contribution in [1.82, 2.24) is 0 Å². The molecule has 8 atom stereocenters. The second-order valence-electron chi connectivity index (χ2n) is 12.8. The van der Waals surface area contributed by atoms with Crippen LogP contribution in [0.25, 0.3) is 10.8 Å². The summed E-state index contributed by atoms with van der Waals surface area (Å²) in [6, 6.07) is 16.3. The van der Waals surface area contributed by atoms with E-state index in [4.69, 9.17) is 0 Å². The Morgan fingerprint density at radius 3 is 2.17 bits per heavy atom. The van der Waals surface area contributed by atoms with Crippen LogP contribution < -0.4 is 0 Å². The predicted octanol–water partition coefficient (Wildman–Crippen LogP) is 9.87. The van der Waals surface area contributed by atoms with Gasteiger partial charge in [-0.2, -0.15) is 0 Å². The van der Waals surface area contributed by atoms with E-state index < -0.39 is 8.07 Å². The first kappa shape index (κ1) is 23.2. The number of benzene rings is 2. The highest BCUT2D eigenvalue weighted by Crippen LogP contribution is 2.68. The molecule has 2 aromatic carbocycles. The Morgan fingerprint density at radius 2 is 1.43 bits per heavy atom. The van der Waals surface area contributed by atoms with Crippen molar-refractivity contribution in [3.63, 3.8) is 0 Å². The fourth-order valence-electron chi connectivity index (χ4n) is 9.65. The minimum Gasteiger partial charge on any atom is -0.127 e. The van der Waals surface area contributed by atoms with E-state index >= 15 is 0 Å². The van der Waals surface area contributed by atoms with Crippen LogP contribution in [-0.2, 0) is 0 Å². The molecule has 0 N–H and O–H groups in total. The molecule has 0 spiro atoms. The predicted molar refractivity (Wildman–Crippen MR) is 159 cm³/mol. The molecule has 7 rings (SSSR count). The topological polar surface area (TPSA) is 0 Å². The van der Waals surface area contributed by atoms with Crippen LogP contribution in [0.2, 0.25) is 24.2 Å². The standard InChI is InChI=1S/C32H40S2Si/c1-19-17-27-28-18-20(2)34-31(28)32(30(27)33-19)35(3,4)29-16-15-25-24(13-8-14-26(25)29)23-12-7-10-21-9-5-6-11-22(21)23/h5-7,9-12,17-18,24-32H,8,13-16H2,1-4H3. The minimum absolute atomic E-state index is 0.772. The molecular weight excluding hydrogens is 477 g/mol. The summed E-state index contributed by atoms with van der Waals surface area (Å²) in [5, 5.41) is 4.68. The average Bonchev–Trinajstić information content (AvgIpc) is 3.59.